The summed E-state index contributed by atoms with van der Waals surface area (Å²) < 4.78 is 21.6. The number of rotatable bonds is 1. The van der Waals surface area contributed by atoms with Crippen LogP contribution in [0.4, 0.5) is 0 Å². The normalized spacial score (nSPS) is 12.1. The van der Waals surface area contributed by atoms with Crippen LogP contribution in [0.25, 0.3) is 10.8 Å². The van der Waals surface area contributed by atoms with Gasteiger partial charge in [-0.1, -0.05) is 36.4 Å². The van der Waals surface area contributed by atoms with Gasteiger partial charge in [0.05, 0.1) is 0 Å². The fourth-order valence-corrected chi connectivity index (χ4v) is 1.90. The molecule has 0 N–H and O–H groups in total. The van der Waals surface area contributed by atoms with Gasteiger partial charge in [-0.3, -0.25) is 4.21 Å². The summed E-state index contributed by atoms with van der Waals surface area (Å²) >= 11 is -2.15. The van der Waals surface area contributed by atoms with Crippen LogP contribution >= 0.6 is 0 Å². The molecule has 0 bridgehead atoms. The van der Waals surface area contributed by atoms with Gasteiger partial charge < -0.3 is 4.55 Å². The molecular weight excluding hydrogens is 191 g/mol. The van der Waals surface area contributed by atoms with Crippen molar-refractivity contribution in [2.75, 3.05) is 0 Å². The average Bonchev–Trinajstić information content (AvgIpc) is 2.17. The van der Waals surface area contributed by atoms with Crippen LogP contribution in [0.2, 0.25) is 0 Å². The van der Waals surface area contributed by atoms with E-state index in [1.165, 1.54) is 0 Å². The second-order valence-electron chi connectivity index (χ2n) is 2.71. The molecule has 0 aliphatic rings. The van der Waals surface area contributed by atoms with Gasteiger partial charge >= 0.3 is 18.9 Å². The summed E-state index contributed by atoms with van der Waals surface area (Å²) in [7, 11) is 0. The second kappa shape index (κ2) is 4.77. The Morgan fingerprint density at radius 1 is 1.00 bits per heavy atom. The van der Waals surface area contributed by atoms with Gasteiger partial charge in [-0.05, 0) is 27.9 Å². The molecule has 0 radical (unpaired) electrons. The van der Waals surface area contributed by atoms with E-state index in [9.17, 15) is 8.76 Å². The summed E-state index contributed by atoms with van der Waals surface area (Å²) in [4.78, 5) is 0.359. The zero-order valence-electron chi connectivity index (χ0n) is 7.77. The molecule has 2 aromatic carbocycles. The van der Waals surface area contributed by atoms with Crippen LogP contribution < -0.4 is 18.9 Å². The first-order valence-corrected chi connectivity index (χ1v) is 4.93. The molecule has 0 saturated heterocycles. The monoisotopic (exact) mass is 198 g/mol. The van der Waals surface area contributed by atoms with Gasteiger partial charge in [-0.2, -0.15) is 0 Å². The molecule has 2 nitrogen and oxygen atoms in total. The first-order chi connectivity index (χ1) is 6.29. The predicted molar refractivity (Wildman–Crippen MR) is 51.1 cm³/mol. The summed E-state index contributed by atoms with van der Waals surface area (Å²) in [5, 5.41) is 1.72. The maximum Gasteiger partial charge on any atom is 1.00 e. The van der Waals surface area contributed by atoms with E-state index in [1.807, 2.05) is 24.3 Å². The van der Waals surface area contributed by atoms with Gasteiger partial charge in [0, 0.05) is 4.90 Å². The molecule has 1 unspecified atom stereocenters. The first kappa shape index (κ1) is 11.5. The van der Waals surface area contributed by atoms with Crippen LogP contribution in [-0.4, -0.2) is 8.76 Å². The molecule has 0 aliphatic carbocycles. The summed E-state index contributed by atoms with van der Waals surface area (Å²) in [5.41, 5.74) is 0. The number of fused-ring (bicyclic) bond motifs is 1. The minimum Gasteiger partial charge on any atom is -0.768 e. The second-order valence-corrected chi connectivity index (χ2v) is 3.62. The van der Waals surface area contributed by atoms with E-state index in [0.717, 1.165) is 10.8 Å². The fraction of sp³-hybridized carbons (Fsp3) is 0. The summed E-state index contributed by atoms with van der Waals surface area (Å²) in [5.74, 6) is 0. The van der Waals surface area contributed by atoms with E-state index in [-0.39, 0.29) is 18.9 Å². The van der Waals surface area contributed by atoms with Crippen LogP contribution in [0.3, 0.4) is 0 Å². The molecule has 2 aromatic rings. The first-order valence-electron chi connectivity index (χ1n) is 3.86. The van der Waals surface area contributed by atoms with Crippen molar-refractivity contribution in [1.29, 1.82) is 0 Å². The Morgan fingerprint density at radius 3 is 2.36 bits per heavy atom. The third kappa shape index (κ3) is 2.07. The van der Waals surface area contributed by atoms with Crippen LogP contribution in [0.1, 0.15) is 0 Å². The van der Waals surface area contributed by atoms with Crippen molar-refractivity contribution in [2.45, 2.75) is 4.90 Å². The van der Waals surface area contributed by atoms with Gasteiger partial charge in [0.25, 0.3) is 0 Å². The van der Waals surface area contributed by atoms with E-state index in [1.54, 1.807) is 18.2 Å². The Bertz CT molecular complexity index is 465. The minimum atomic E-state index is -2.15. The van der Waals surface area contributed by atoms with E-state index in [4.69, 9.17) is 0 Å². The van der Waals surface area contributed by atoms with Crippen LogP contribution in [0.15, 0.2) is 47.4 Å². The Hall–Kier alpha value is -0.593. The molecule has 1 atom stereocenters. The van der Waals surface area contributed by atoms with Crippen LogP contribution in [0.5, 0.6) is 0 Å². The van der Waals surface area contributed by atoms with E-state index in [2.05, 4.69) is 0 Å². The van der Waals surface area contributed by atoms with Crippen LogP contribution in [0, 0.1) is 0 Å². The maximum absolute atomic E-state index is 10.8. The molecule has 0 spiro atoms. The standard InChI is InChI=1S/C10H8O2S.Li/c11-13(12)10-7-3-5-8-4-1-2-6-9(8)10;/h1-7H,(H,11,12);/q;+1/p-1. The molecule has 0 aliphatic heterocycles. The van der Waals surface area contributed by atoms with Crippen molar-refractivity contribution in [3.8, 4) is 0 Å². The third-order valence-corrected chi connectivity index (χ3v) is 2.64. The van der Waals surface area contributed by atoms with Crippen molar-refractivity contribution < 1.29 is 27.6 Å². The molecular formula is C10H7LiO2S. The number of hydrogen-bond acceptors (Lipinski definition) is 2. The SMILES string of the molecule is O=S([O-])c1cccc2ccccc12.[Li+]. The largest absolute Gasteiger partial charge is 1.00 e. The molecule has 4 heteroatoms. The third-order valence-electron chi connectivity index (χ3n) is 1.93. The number of hydrogen-bond donors (Lipinski definition) is 0. The van der Waals surface area contributed by atoms with Crippen molar-refractivity contribution >= 4 is 21.9 Å². The quantitative estimate of drug-likeness (QED) is 0.439. The summed E-state index contributed by atoms with van der Waals surface area (Å²) in [6.45, 7) is 0. The number of benzene rings is 2. The summed E-state index contributed by atoms with van der Waals surface area (Å²) in [6.07, 6.45) is 0. The van der Waals surface area contributed by atoms with Gasteiger partial charge in [0.15, 0.2) is 0 Å². The van der Waals surface area contributed by atoms with Gasteiger partial charge in [-0.15, -0.1) is 0 Å². The van der Waals surface area contributed by atoms with Crippen LogP contribution in [-0.2, 0) is 11.1 Å². The molecule has 14 heavy (non-hydrogen) atoms. The Morgan fingerprint density at radius 2 is 1.64 bits per heavy atom. The zero-order valence-corrected chi connectivity index (χ0v) is 8.58. The molecule has 0 fully saturated rings. The predicted octanol–water partition coefficient (Wildman–Crippen LogP) is -0.918. The summed E-state index contributed by atoms with van der Waals surface area (Å²) in [6, 6.07) is 12.7. The maximum atomic E-state index is 10.8. The van der Waals surface area contributed by atoms with Crippen molar-refractivity contribution in [3.05, 3.63) is 42.5 Å². The van der Waals surface area contributed by atoms with E-state index >= 15 is 0 Å². The topological polar surface area (TPSA) is 40.1 Å². The van der Waals surface area contributed by atoms with Gasteiger partial charge in [-0.25, -0.2) is 0 Å². The Balaban J connectivity index is 0.000000980. The molecule has 0 saturated carbocycles. The minimum absolute atomic E-state index is 0. The van der Waals surface area contributed by atoms with E-state index in [0.29, 0.717) is 4.90 Å². The zero-order chi connectivity index (χ0) is 9.26. The fourth-order valence-electron chi connectivity index (χ4n) is 1.34. The van der Waals surface area contributed by atoms with Crippen molar-refractivity contribution in [3.63, 3.8) is 0 Å². The smallest absolute Gasteiger partial charge is 0.768 e. The van der Waals surface area contributed by atoms with Gasteiger partial charge in [0.2, 0.25) is 0 Å². The Labute approximate surface area is 96.8 Å². The van der Waals surface area contributed by atoms with Crippen molar-refractivity contribution in [1.82, 2.24) is 0 Å². The molecule has 66 valence electrons. The average molecular weight is 198 g/mol. The van der Waals surface area contributed by atoms with Crippen molar-refractivity contribution in [2.24, 2.45) is 0 Å². The molecule has 0 aromatic heterocycles. The van der Waals surface area contributed by atoms with Gasteiger partial charge in [0.1, 0.15) is 0 Å². The Kier molecular flexibility index (Phi) is 3.91. The molecule has 0 heterocycles. The molecule has 0 amide bonds. The molecule has 2 rings (SSSR count). The van der Waals surface area contributed by atoms with E-state index < -0.39 is 11.1 Å².